The van der Waals surface area contributed by atoms with E-state index in [1.807, 2.05) is 24.3 Å². The van der Waals surface area contributed by atoms with Gasteiger partial charge in [-0.15, -0.1) is 0 Å². The highest BCUT2D eigenvalue weighted by molar-refractivity contribution is 7.90. The molecule has 7 nitrogen and oxygen atoms in total. The van der Waals surface area contributed by atoms with Gasteiger partial charge in [-0.1, -0.05) is 42.5 Å². The molecule has 1 aromatic heterocycles. The van der Waals surface area contributed by atoms with Gasteiger partial charge in [0.05, 0.1) is 23.0 Å². The summed E-state index contributed by atoms with van der Waals surface area (Å²) in [5.74, 6) is -0.129. The molecule has 0 unspecified atom stereocenters. The summed E-state index contributed by atoms with van der Waals surface area (Å²) < 4.78 is 32.3. The summed E-state index contributed by atoms with van der Waals surface area (Å²) in [7, 11) is -2.82. The van der Waals surface area contributed by atoms with E-state index in [4.69, 9.17) is 0 Å². The van der Waals surface area contributed by atoms with Crippen LogP contribution in [-0.4, -0.2) is 30.6 Å². The van der Waals surface area contributed by atoms with Crippen LogP contribution in [0.2, 0.25) is 0 Å². The standard InChI is InChI=1S/C19H15N3O4S/c1-26-19(23)21-18-20-16-8-4-5-9-17(16)22(18)27(24,25)15-11-10-13-6-2-3-7-14(13)12-15/h2-12H,1H3,(H,20,21,23). The second-order valence-corrected chi connectivity index (χ2v) is 7.61. The van der Waals surface area contributed by atoms with Gasteiger partial charge in [0.25, 0.3) is 10.0 Å². The minimum absolute atomic E-state index is 0.0947. The molecule has 136 valence electrons. The average molecular weight is 381 g/mol. The SMILES string of the molecule is COC(=O)Nc1nc2ccccc2n1S(=O)(=O)c1ccc2ccccc2c1. The van der Waals surface area contributed by atoms with Crippen LogP contribution >= 0.6 is 0 Å². The van der Waals surface area contributed by atoms with Gasteiger partial charge in [0.2, 0.25) is 5.95 Å². The molecule has 0 spiro atoms. The first-order chi connectivity index (χ1) is 13.0. The number of nitrogens with zero attached hydrogens (tertiary/aromatic N) is 2. The third-order valence-corrected chi connectivity index (χ3v) is 5.88. The first-order valence-corrected chi connectivity index (χ1v) is 9.51. The number of carbonyl (C=O) groups excluding carboxylic acids is 1. The molecule has 27 heavy (non-hydrogen) atoms. The zero-order chi connectivity index (χ0) is 19.0. The number of imidazole rings is 1. The Morgan fingerprint density at radius 1 is 1.00 bits per heavy atom. The minimum atomic E-state index is -4.01. The molecule has 0 aliphatic rings. The number of rotatable bonds is 3. The molecule has 4 aromatic rings. The van der Waals surface area contributed by atoms with E-state index in [2.05, 4.69) is 15.0 Å². The van der Waals surface area contributed by atoms with E-state index in [9.17, 15) is 13.2 Å². The van der Waals surface area contributed by atoms with Gasteiger partial charge in [-0.05, 0) is 35.0 Å². The summed E-state index contributed by atoms with van der Waals surface area (Å²) in [5.41, 5.74) is 0.797. The molecule has 0 bridgehead atoms. The summed E-state index contributed by atoms with van der Waals surface area (Å²) in [6, 6.07) is 19.1. The Balaban J connectivity index is 1.95. The molecule has 8 heteroatoms. The second kappa shape index (κ2) is 6.40. The van der Waals surface area contributed by atoms with Gasteiger partial charge in [0.15, 0.2) is 0 Å². The van der Waals surface area contributed by atoms with Crippen LogP contribution in [0.1, 0.15) is 0 Å². The number of fused-ring (bicyclic) bond motifs is 2. The van der Waals surface area contributed by atoms with Crippen molar-refractivity contribution in [1.82, 2.24) is 8.96 Å². The molecule has 4 rings (SSSR count). The molecule has 0 aliphatic heterocycles. The fourth-order valence-corrected chi connectivity index (χ4v) is 4.36. The predicted molar refractivity (Wildman–Crippen MR) is 102 cm³/mol. The van der Waals surface area contributed by atoms with Crippen LogP contribution in [0, 0.1) is 0 Å². The Morgan fingerprint density at radius 2 is 1.70 bits per heavy atom. The van der Waals surface area contributed by atoms with Crippen molar-refractivity contribution < 1.29 is 17.9 Å². The summed E-state index contributed by atoms with van der Waals surface area (Å²) in [6.45, 7) is 0. The second-order valence-electron chi connectivity index (χ2n) is 5.82. The molecule has 1 heterocycles. The summed E-state index contributed by atoms with van der Waals surface area (Å²) in [4.78, 5) is 16.0. The first-order valence-electron chi connectivity index (χ1n) is 8.07. The lowest BCUT2D eigenvalue weighted by Gasteiger charge is -2.11. The molecular weight excluding hydrogens is 366 g/mol. The number of carbonyl (C=O) groups is 1. The van der Waals surface area contributed by atoms with E-state index < -0.39 is 16.1 Å². The highest BCUT2D eigenvalue weighted by atomic mass is 32.2. The zero-order valence-electron chi connectivity index (χ0n) is 14.3. The number of hydrogen-bond acceptors (Lipinski definition) is 5. The first kappa shape index (κ1) is 17.0. The van der Waals surface area contributed by atoms with Gasteiger partial charge in [0.1, 0.15) is 0 Å². The van der Waals surface area contributed by atoms with Crippen molar-refractivity contribution in [3.05, 3.63) is 66.7 Å². The smallest absolute Gasteiger partial charge is 0.413 e. The number of benzene rings is 3. The number of ether oxygens (including phenoxy) is 1. The highest BCUT2D eigenvalue weighted by Gasteiger charge is 2.25. The van der Waals surface area contributed by atoms with Gasteiger partial charge in [-0.3, -0.25) is 5.32 Å². The molecule has 1 N–H and O–H groups in total. The molecule has 0 atom stereocenters. The lowest BCUT2D eigenvalue weighted by Crippen LogP contribution is -2.20. The number of aromatic nitrogens is 2. The van der Waals surface area contributed by atoms with E-state index >= 15 is 0 Å². The highest BCUT2D eigenvalue weighted by Crippen LogP contribution is 2.28. The van der Waals surface area contributed by atoms with Crippen molar-refractivity contribution in [3.63, 3.8) is 0 Å². The Kier molecular flexibility index (Phi) is 4.04. The lowest BCUT2D eigenvalue weighted by atomic mass is 10.1. The summed E-state index contributed by atoms with van der Waals surface area (Å²) >= 11 is 0. The van der Waals surface area contributed by atoms with Crippen LogP contribution in [0.15, 0.2) is 71.6 Å². The van der Waals surface area contributed by atoms with Crippen molar-refractivity contribution in [1.29, 1.82) is 0 Å². The summed E-state index contributed by atoms with van der Waals surface area (Å²) in [5, 5.41) is 4.10. The van der Waals surface area contributed by atoms with Crippen LogP contribution in [0.25, 0.3) is 21.8 Å². The Hall–Kier alpha value is -3.39. The van der Waals surface area contributed by atoms with Crippen LogP contribution in [-0.2, 0) is 14.8 Å². The van der Waals surface area contributed by atoms with Gasteiger partial charge in [-0.2, -0.15) is 0 Å². The van der Waals surface area contributed by atoms with Crippen LogP contribution in [0.5, 0.6) is 0 Å². The van der Waals surface area contributed by atoms with Crippen molar-refractivity contribution in [3.8, 4) is 0 Å². The normalized spacial score (nSPS) is 11.6. The maximum Gasteiger partial charge on any atom is 0.413 e. The molecule has 0 radical (unpaired) electrons. The molecule has 3 aromatic carbocycles. The molecule has 0 aliphatic carbocycles. The topological polar surface area (TPSA) is 90.3 Å². The summed E-state index contributed by atoms with van der Waals surface area (Å²) in [6.07, 6.45) is -0.805. The molecular formula is C19H15N3O4S. The van der Waals surface area contributed by atoms with E-state index in [1.165, 1.54) is 13.2 Å². The van der Waals surface area contributed by atoms with Crippen molar-refractivity contribution in [2.75, 3.05) is 12.4 Å². The fourth-order valence-electron chi connectivity index (χ4n) is 2.90. The molecule has 1 amide bonds. The Bertz CT molecular complexity index is 1280. The quantitative estimate of drug-likeness (QED) is 0.585. The van der Waals surface area contributed by atoms with E-state index in [-0.39, 0.29) is 10.8 Å². The number of methoxy groups -OCH3 is 1. The number of amides is 1. The van der Waals surface area contributed by atoms with Crippen LogP contribution in [0.4, 0.5) is 10.7 Å². The number of para-hydroxylation sites is 2. The largest absolute Gasteiger partial charge is 0.453 e. The van der Waals surface area contributed by atoms with Crippen molar-refractivity contribution in [2.45, 2.75) is 4.90 Å². The van der Waals surface area contributed by atoms with Gasteiger partial charge in [0, 0.05) is 0 Å². The van der Waals surface area contributed by atoms with Crippen molar-refractivity contribution in [2.24, 2.45) is 0 Å². The van der Waals surface area contributed by atoms with E-state index in [1.54, 1.807) is 36.4 Å². The zero-order valence-corrected chi connectivity index (χ0v) is 15.1. The number of nitrogens with one attached hydrogen (secondary N) is 1. The number of hydrogen-bond donors (Lipinski definition) is 1. The molecule has 0 saturated heterocycles. The maximum absolute atomic E-state index is 13.4. The predicted octanol–water partition coefficient (Wildman–Crippen LogP) is 3.60. The van der Waals surface area contributed by atoms with E-state index in [0.717, 1.165) is 14.7 Å². The third-order valence-electron chi connectivity index (χ3n) is 4.18. The maximum atomic E-state index is 13.4. The average Bonchev–Trinajstić information content (AvgIpc) is 3.05. The van der Waals surface area contributed by atoms with Crippen LogP contribution in [0.3, 0.4) is 0 Å². The third kappa shape index (κ3) is 2.89. The Labute approximate surface area is 155 Å². The van der Waals surface area contributed by atoms with Gasteiger partial charge in [-0.25, -0.2) is 22.2 Å². The molecule has 0 fully saturated rings. The monoisotopic (exact) mass is 381 g/mol. The Morgan fingerprint density at radius 3 is 2.48 bits per heavy atom. The number of anilines is 1. The molecule has 0 saturated carbocycles. The minimum Gasteiger partial charge on any atom is -0.453 e. The van der Waals surface area contributed by atoms with Crippen LogP contribution < -0.4 is 5.32 Å². The van der Waals surface area contributed by atoms with Gasteiger partial charge >= 0.3 is 6.09 Å². The lowest BCUT2D eigenvalue weighted by molar-refractivity contribution is 0.186. The fraction of sp³-hybridized carbons (Fsp3) is 0.0526. The van der Waals surface area contributed by atoms with Gasteiger partial charge < -0.3 is 4.74 Å². The van der Waals surface area contributed by atoms with E-state index in [0.29, 0.717) is 11.0 Å². The van der Waals surface area contributed by atoms with Crippen molar-refractivity contribution >= 4 is 43.9 Å².